The number of alkyl halides is 3. The SMILES string of the molecule is CCCCN(Cc1ccccc1)c1ccc(NS(=O)(=O)c2ccc(C(C)(C)C)cc2)cc1C(=O)O.O=C(O)C(F)(F)F. The summed E-state index contributed by atoms with van der Waals surface area (Å²) < 4.78 is 60.2. The van der Waals surface area contributed by atoms with Crippen LogP contribution in [-0.4, -0.2) is 43.3 Å². The fourth-order valence-electron chi connectivity index (χ4n) is 3.83. The fraction of sp³-hybridized carbons (Fsp3) is 0.333. The van der Waals surface area contributed by atoms with E-state index in [0.29, 0.717) is 18.8 Å². The Balaban J connectivity index is 0.000000782. The standard InChI is InChI=1S/C28H34N2O4S.C2HF3O2/c1-5-6-18-30(20-21-10-8-7-9-11-21)26-17-14-23(19-25(26)27(31)32)29-35(33,34)24-15-12-22(13-16-24)28(2,3)4;3-2(4,5)1(6)7/h7-17,19,29H,5-6,18,20H2,1-4H3,(H,31,32);(H,6,7). The van der Waals surface area contributed by atoms with E-state index >= 15 is 0 Å². The molecule has 0 aliphatic rings. The van der Waals surface area contributed by atoms with E-state index in [1.165, 1.54) is 6.07 Å². The summed E-state index contributed by atoms with van der Waals surface area (Å²) in [6.45, 7) is 9.52. The number of carboxylic acid groups (broad SMARTS) is 2. The van der Waals surface area contributed by atoms with Crippen molar-refractivity contribution in [1.29, 1.82) is 0 Å². The maximum absolute atomic E-state index is 13.0. The molecule has 228 valence electrons. The first-order valence-electron chi connectivity index (χ1n) is 13.1. The summed E-state index contributed by atoms with van der Waals surface area (Å²) in [7, 11) is -3.87. The van der Waals surface area contributed by atoms with Gasteiger partial charge in [0.05, 0.1) is 16.1 Å². The summed E-state index contributed by atoms with van der Waals surface area (Å²) in [6.07, 6.45) is -3.20. The molecule has 0 aromatic heterocycles. The number of rotatable bonds is 10. The van der Waals surface area contributed by atoms with Crippen molar-refractivity contribution < 1.29 is 41.4 Å². The normalized spacial score (nSPS) is 11.7. The van der Waals surface area contributed by atoms with Crippen molar-refractivity contribution in [2.45, 2.75) is 63.6 Å². The number of hydrogen-bond donors (Lipinski definition) is 3. The number of sulfonamides is 1. The van der Waals surface area contributed by atoms with Crippen LogP contribution >= 0.6 is 0 Å². The molecule has 12 heteroatoms. The lowest BCUT2D eigenvalue weighted by atomic mass is 9.87. The molecule has 0 saturated carbocycles. The number of nitrogens with one attached hydrogen (secondary N) is 1. The Morgan fingerprint density at radius 1 is 0.905 bits per heavy atom. The van der Waals surface area contributed by atoms with Gasteiger partial charge in [0, 0.05) is 18.8 Å². The first-order chi connectivity index (χ1) is 19.5. The first-order valence-corrected chi connectivity index (χ1v) is 14.5. The van der Waals surface area contributed by atoms with Gasteiger partial charge in [-0.3, -0.25) is 4.72 Å². The van der Waals surface area contributed by atoms with Crippen molar-refractivity contribution in [3.8, 4) is 0 Å². The smallest absolute Gasteiger partial charge is 0.478 e. The van der Waals surface area contributed by atoms with Crippen LogP contribution in [0, 0.1) is 0 Å². The molecule has 0 saturated heterocycles. The molecule has 0 aliphatic carbocycles. The number of carbonyl (C=O) groups is 2. The van der Waals surface area contributed by atoms with Crippen molar-refractivity contribution in [3.05, 3.63) is 89.5 Å². The third-order valence-electron chi connectivity index (χ3n) is 6.09. The highest BCUT2D eigenvalue weighted by Gasteiger charge is 2.38. The highest BCUT2D eigenvalue weighted by molar-refractivity contribution is 7.92. The van der Waals surface area contributed by atoms with Crippen LogP contribution in [-0.2, 0) is 26.8 Å². The summed E-state index contributed by atoms with van der Waals surface area (Å²) in [4.78, 5) is 23.2. The Morgan fingerprint density at radius 2 is 1.48 bits per heavy atom. The minimum atomic E-state index is -5.08. The van der Waals surface area contributed by atoms with Crippen LogP contribution in [0.15, 0.2) is 77.7 Å². The molecule has 0 bridgehead atoms. The topological polar surface area (TPSA) is 124 Å². The second-order valence-corrected chi connectivity index (χ2v) is 12.2. The number of aromatic carboxylic acids is 1. The molecule has 42 heavy (non-hydrogen) atoms. The maximum Gasteiger partial charge on any atom is 0.490 e. The molecule has 0 fully saturated rings. The van der Waals surface area contributed by atoms with Crippen molar-refractivity contribution >= 4 is 33.3 Å². The third kappa shape index (κ3) is 10.1. The Labute approximate surface area is 243 Å². The zero-order valence-electron chi connectivity index (χ0n) is 23.8. The van der Waals surface area contributed by atoms with Crippen LogP contribution in [0.5, 0.6) is 0 Å². The van der Waals surface area contributed by atoms with Gasteiger partial charge in [0.15, 0.2) is 0 Å². The number of aliphatic carboxylic acids is 1. The zero-order chi connectivity index (χ0) is 31.7. The zero-order valence-corrected chi connectivity index (χ0v) is 24.6. The molecular formula is C30H35F3N2O6S. The van der Waals surface area contributed by atoms with E-state index in [1.54, 1.807) is 36.4 Å². The van der Waals surface area contributed by atoms with Gasteiger partial charge in [0.2, 0.25) is 0 Å². The second-order valence-electron chi connectivity index (χ2n) is 10.5. The molecule has 3 N–H and O–H groups in total. The van der Waals surface area contributed by atoms with Crippen LogP contribution in [0.4, 0.5) is 24.5 Å². The van der Waals surface area contributed by atoms with Gasteiger partial charge < -0.3 is 15.1 Å². The third-order valence-corrected chi connectivity index (χ3v) is 7.49. The lowest BCUT2D eigenvalue weighted by Gasteiger charge is -2.27. The van der Waals surface area contributed by atoms with E-state index in [9.17, 15) is 31.5 Å². The van der Waals surface area contributed by atoms with Crippen LogP contribution in [0.1, 0.15) is 62.0 Å². The van der Waals surface area contributed by atoms with E-state index in [2.05, 4.69) is 32.4 Å². The Kier molecular flexibility index (Phi) is 11.6. The van der Waals surface area contributed by atoms with Crippen molar-refractivity contribution in [2.75, 3.05) is 16.2 Å². The molecule has 0 radical (unpaired) electrons. The summed E-state index contributed by atoms with van der Waals surface area (Å²) in [5, 5.41) is 17.1. The van der Waals surface area contributed by atoms with Crippen molar-refractivity contribution in [2.24, 2.45) is 0 Å². The van der Waals surface area contributed by atoms with Gasteiger partial charge in [-0.15, -0.1) is 0 Å². The molecule has 0 amide bonds. The minimum Gasteiger partial charge on any atom is -0.478 e. The highest BCUT2D eigenvalue weighted by atomic mass is 32.2. The molecule has 3 aromatic carbocycles. The van der Waals surface area contributed by atoms with Crippen molar-refractivity contribution in [1.82, 2.24) is 0 Å². The molecule has 0 aliphatic heterocycles. The highest BCUT2D eigenvalue weighted by Crippen LogP contribution is 2.29. The van der Waals surface area contributed by atoms with E-state index in [0.717, 1.165) is 24.0 Å². The van der Waals surface area contributed by atoms with Gasteiger partial charge >= 0.3 is 18.1 Å². The van der Waals surface area contributed by atoms with Gasteiger partial charge in [-0.2, -0.15) is 13.2 Å². The second kappa shape index (κ2) is 14.2. The Hall–Kier alpha value is -4.06. The van der Waals surface area contributed by atoms with Crippen molar-refractivity contribution in [3.63, 3.8) is 0 Å². The first kappa shape index (κ1) is 34.1. The predicted octanol–water partition coefficient (Wildman–Crippen LogP) is 6.92. The average molecular weight is 609 g/mol. The number of nitrogens with zero attached hydrogens (tertiary/aromatic N) is 1. The molecule has 0 atom stereocenters. The fourth-order valence-corrected chi connectivity index (χ4v) is 4.88. The van der Waals surface area contributed by atoms with E-state index in [-0.39, 0.29) is 21.6 Å². The van der Waals surface area contributed by atoms with Crippen LogP contribution in [0.25, 0.3) is 0 Å². The van der Waals surface area contributed by atoms with Crippen LogP contribution < -0.4 is 9.62 Å². The Bertz CT molecular complexity index is 1450. The monoisotopic (exact) mass is 608 g/mol. The molecule has 8 nitrogen and oxygen atoms in total. The molecule has 3 aromatic rings. The number of carboxylic acids is 2. The van der Waals surface area contributed by atoms with Gasteiger partial charge in [0.1, 0.15) is 0 Å². The number of benzene rings is 3. The van der Waals surface area contributed by atoms with Gasteiger partial charge in [-0.25, -0.2) is 18.0 Å². The van der Waals surface area contributed by atoms with E-state index in [4.69, 9.17) is 9.90 Å². The molecular weight excluding hydrogens is 573 g/mol. The molecule has 0 heterocycles. The summed E-state index contributed by atoms with van der Waals surface area (Å²) in [5.41, 5.74) is 2.84. The lowest BCUT2D eigenvalue weighted by molar-refractivity contribution is -0.192. The number of unbranched alkanes of at least 4 members (excludes halogenated alkanes) is 1. The van der Waals surface area contributed by atoms with Crippen LogP contribution in [0.3, 0.4) is 0 Å². The van der Waals surface area contributed by atoms with Gasteiger partial charge in [-0.1, -0.05) is 76.6 Å². The van der Waals surface area contributed by atoms with Crippen LogP contribution in [0.2, 0.25) is 0 Å². The molecule has 3 rings (SSSR count). The largest absolute Gasteiger partial charge is 0.490 e. The number of halogens is 3. The Morgan fingerprint density at radius 3 is 1.95 bits per heavy atom. The number of hydrogen-bond acceptors (Lipinski definition) is 5. The van der Waals surface area contributed by atoms with Gasteiger partial charge in [0.25, 0.3) is 10.0 Å². The maximum atomic E-state index is 13.0. The predicted molar refractivity (Wildman–Crippen MR) is 155 cm³/mol. The minimum absolute atomic E-state index is 0.0558. The van der Waals surface area contributed by atoms with E-state index < -0.39 is 28.1 Å². The summed E-state index contributed by atoms with van der Waals surface area (Å²) in [6, 6.07) is 21.3. The summed E-state index contributed by atoms with van der Waals surface area (Å²) >= 11 is 0. The molecule has 0 spiro atoms. The van der Waals surface area contributed by atoms with Gasteiger partial charge in [-0.05, 0) is 53.3 Å². The number of anilines is 2. The average Bonchev–Trinajstić information content (AvgIpc) is 2.91. The summed E-state index contributed by atoms with van der Waals surface area (Å²) in [5.74, 6) is -3.86. The van der Waals surface area contributed by atoms with E-state index in [1.807, 2.05) is 35.2 Å². The molecule has 0 unspecified atom stereocenters. The quantitative estimate of drug-likeness (QED) is 0.228. The lowest BCUT2D eigenvalue weighted by Crippen LogP contribution is -2.26.